The van der Waals surface area contributed by atoms with Crippen LogP contribution in [-0.2, 0) is 15.9 Å². The van der Waals surface area contributed by atoms with Crippen molar-refractivity contribution in [3.8, 4) is 11.5 Å². The molecule has 0 spiro atoms. The van der Waals surface area contributed by atoms with Crippen LogP contribution in [-0.4, -0.2) is 69.9 Å². The molecule has 3 atom stereocenters. The molecule has 15 heteroatoms. The Kier molecular flexibility index (Phi) is 6.14. The van der Waals surface area contributed by atoms with Crippen LogP contribution < -0.4 is 10.2 Å². The third-order valence-electron chi connectivity index (χ3n) is 6.01. The van der Waals surface area contributed by atoms with Gasteiger partial charge in [0.25, 0.3) is 0 Å². The zero-order valence-electron chi connectivity index (χ0n) is 20.4. The van der Waals surface area contributed by atoms with E-state index in [1.807, 2.05) is 20.0 Å². The van der Waals surface area contributed by atoms with Crippen molar-refractivity contribution in [2.24, 2.45) is 4.36 Å². The van der Waals surface area contributed by atoms with Crippen molar-refractivity contribution in [3.05, 3.63) is 48.3 Å². The van der Waals surface area contributed by atoms with Gasteiger partial charge in [0.1, 0.15) is 11.5 Å². The van der Waals surface area contributed by atoms with Crippen LogP contribution in [0, 0.1) is 0 Å². The molecule has 2 N–H and O–H groups in total. The summed E-state index contributed by atoms with van der Waals surface area (Å²) in [4.78, 5) is 18.9. The number of nitrogens with one attached hydrogen (secondary N) is 2. The standard InChI is InChI=1S/C22H25F3N10OS/c1-12-10-34(13(2)20(30-12)14-6-28-29-7-14)18-5-17(33-37(3,4)36)31-21(32-18)15-8-27-19-9-26-16(11-35(15)19)22(23,24)25/h5-9,11-13,20,30H,10H2,1-4H3,(H,28,29). The van der Waals surface area contributed by atoms with E-state index in [1.165, 1.54) is 23.1 Å². The first-order valence-corrected chi connectivity index (χ1v) is 13.7. The number of rotatable bonds is 4. The second-order valence-electron chi connectivity index (χ2n) is 9.29. The Morgan fingerprint density at radius 3 is 2.59 bits per heavy atom. The second kappa shape index (κ2) is 9.06. The number of alkyl halides is 3. The molecule has 4 aromatic heterocycles. The summed E-state index contributed by atoms with van der Waals surface area (Å²) in [7, 11) is -2.59. The highest BCUT2D eigenvalue weighted by atomic mass is 32.2. The SMILES string of the molecule is CC1CN(c2cc(N=S(C)(C)=O)nc(-c3cnc4cnc(C(F)(F)F)cn34)n2)C(C)C(c2cn[nH]c2)N1. The van der Waals surface area contributed by atoms with Crippen molar-refractivity contribution in [1.82, 2.24) is 39.9 Å². The molecule has 3 unspecified atom stereocenters. The highest BCUT2D eigenvalue weighted by Gasteiger charge is 2.35. The van der Waals surface area contributed by atoms with Crippen molar-refractivity contribution in [3.63, 3.8) is 0 Å². The van der Waals surface area contributed by atoms with Crippen molar-refractivity contribution in [2.75, 3.05) is 24.0 Å². The predicted molar refractivity (Wildman–Crippen MR) is 132 cm³/mol. The lowest BCUT2D eigenvalue weighted by Crippen LogP contribution is -2.56. The number of H-pyrrole nitrogens is 1. The maximum Gasteiger partial charge on any atom is 0.434 e. The molecule has 37 heavy (non-hydrogen) atoms. The van der Waals surface area contributed by atoms with Crippen molar-refractivity contribution in [2.45, 2.75) is 38.1 Å². The Morgan fingerprint density at radius 1 is 1.14 bits per heavy atom. The average Bonchev–Trinajstić information content (AvgIpc) is 3.48. The molecule has 5 heterocycles. The van der Waals surface area contributed by atoms with E-state index >= 15 is 0 Å². The third kappa shape index (κ3) is 5.13. The van der Waals surface area contributed by atoms with Crippen LogP contribution in [0.4, 0.5) is 24.8 Å². The van der Waals surface area contributed by atoms with Crippen molar-refractivity contribution in [1.29, 1.82) is 0 Å². The highest BCUT2D eigenvalue weighted by Crippen LogP contribution is 2.33. The molecule has 0 aliphatic carbocycles. The summed E-state index contributed by atoms with van der Waals surface area (Å²) in [5, 5.41) is 10.5. The van der Waals surface area contributed by atoms with E-state index in [1.54, 1.807) is 12.3 Å². The number of nitrogens with zero attached hydrogens (tertiary/aromatic N) is 8. The van der Waals surface area contributed by atoms with Gasteiger partial charge in [-0.25, -0.2) is 24.1 Å². The molecular weight excluding hydrogens is 509 g/mol. The van der Waals surface area contributed by atoms with E-state index in [0.29, 0.717) is 12.4 Å². The molecule has 0 amide bonds. The average molecular weight is 535 g/mol. The summed E-state index contributed by atoms with van der Waals surface area (Å²) in [5.41, 5.74) is 0.330. The first-order valence-electron chi connectivity index (χ1n) is 11.4. The van der Waals surface area contributed by atoms with Gasteiger partial charge in [0.05, 0.1) is 24.6 Å². The van der Waals surface area contributed by atoms with Crippen LogP contribution >= 0.6 is 0 Å². The maximum atomic E-state index is 13.4. The van der Waals surface area contributed by atoms with E-state index in [4.69, 9.17) is 4.98 Å². The second-order valence-corrected chi connectivity index (χ2v) is 11.8. The summed E-state index contributed by atoms with van der Waals surface area (Å²) in [6, 6.07) is 1.57. The molecule has 0 saturated carbocycles. The zero-order chi connectivity index (χ0) is 26.5. The fourth-order valence-corrected chi connectivity index (χ4v) is 4.95. The minimum atomic E-state index is -4.64. The number of anilines is 1. The Hall–Kier alpha value is -3.59. The van der Waals surface area contributed by atoms with E-state index in [0.717, 1.165) is 18.0 Å². The number of hydrogen-bond acceptors (Lipinski definition) is 9. The minimum Gasteiger partial charge on any atom is -0.350 e. The van der Waals surface area contributed by atoms with E-state index in [-0.39, 0.29) is 41.1 Å². The van der Waals surface area contributed by atoms with Gasteiger partial charge in [0.2, 0.25) is 0 Å². The lowest BCUT2D eigenvalue weighted by molar-refractivity contribution is -0.141. The normalized spacial score (nSPS) is 20.9. The fourth-order valence-electron chi connectivity index (χ4n) is 4.40. The number of imidazole rings is 1. The number of fused-ring (bicyclic) bond motifs is 1. The third-order valence-corrected chi connectivity index (χ3v) is 6.64. The summed E-state index contributed by atoms with van der Waals surface area (Å²) in [6.07, 6.45) is 5.19. The summed E-state index contributed by atoms with van der Waals surface area (Å²) in [5.74, 6) is 0.764. The van der Waals surface area contributed by atoms with Gasteiger partial charge in [-0.3, -0.25) is 9.50 Å². The monoisotopic (exact) mass is 534 g/mol. The summed E-state index contributed by atoms with van der Waals surface area (Å²) < 4.78 is 58.1. The molecule has 1 saturated heterocycles. The topological polar surface area (TPSA) is 129 Å². The molecule has 0 aromatic carbocycles. The number of piperazine rings is 1. The lowest BCUT2D eigenvalue weighted by atomic mass is 9.97. The molecule has 0 bridgehead atoms. The molecule has 4 aromatic rings. The van der Waals surface area contributed by atoms with Crippen molar-refractivity contribution < 1.29 is 17.4 Å². The maximum absolute atomic E-state index is 13.4. The Bertz CT molecular complexity index is 1550. The molecule has 11 nitrogen and oxygen atoms in total. The van der Waals surface area contributed by atoms with Crippen LogP contribution in [0.5, 0.6) is 0 Å². The Morgan fingerprint density at radius 2 is 1.92 bits per heavy atom. The smallest absolute Gasteiger partial charge is 0.350 e. The van der Waals surface area contributed by atoms with Gasteiger partial charge in [-0.15, -0.1) is 0 Å². The van der Waals surface area contributed by atoms with Gasteiger partial charge in [-0.05, 0) is 13.8 Å². The largest absolute Gasteiger partial charge is 0.434 e. The first-order chi connectivity index (χ1) is 17.4. The summed E-state index contributed by atoms with van der Waals surface area (Å²) in [6.45, 7) is 4.67. The van der Waals surface area contributed by atoms with Crippen LogP contribution in [0.3, 0.4) is 0 Å². The number of aromatic amines is 1. The van der Waals surface area contributed by atoms with Gasteiger partial charge in [0.15, 0.2) is 23.0 Å². The lowest BCUT2D eigenvalue weighted by Gasteiger charge is -2.43. The number of halogens is 3. The molecule has 1 fully saturated rings. The van der Waals surface area contributed by atoms with Crippen molar-refractivity contribution >= 4 is 27.0 Å². The quantitative estimate of drug-likeness (QED) is 0.408. The first kappa shape index (κ1) is 25.1. The Balaban J connectivity index is 1.66. The van der Waals surface area contributed by atoms with Crippen LogP contribution in [0.15, 0.2) is 41.4 Å². The number of hydrogen-bond donors (Lipinski definition) is 2. The van der Waals surface area contributed by atoms with Gasteiger partial charge in [-0.1, -0.05) is 0 Å². The molecule has 1 aliphatic rings. The predicted octanol–water partition coefficient (Wildman–Crippen LogP) is 3.22. The fraction of sp³-hybridized carbons (Fsp3) is 0.409. The Labute approximate surface area is 210 Å². The van der Waals surface area contributed by atoms with E-state index in [9.17, 15) is 17.4 Å². The molecular formula is C22H25F3N10OS. The zero-order valence-corrected chi connectivity index (χ0v) is 21.2. The van der Waals surface area contributed by atoms with Crippen LogP contribution in [0.2, 0.25) is 0 Å². The minimum absolute atomic E-state index is 0.0703. The molecule has 5 rings (SSSR count). The molecule has 0 radical (unpaired) electrons. The highest BCUT2D eigenvalue weighted by molar-refractivity contribution is 7.92. The van der Waals surface area contributed by atoms with Gasteiger partial charge in [0, 0.05) is 64.9 Å². The number of aromatic nitrogens is 7. The van der Waals surface area contributed by atoms with Crippen LogP contribution in [0.1, 0.15) is 31.1 Å². The van der Waals surface area contributed by atoms with Gasteiger partial charge in [-0.2, -0.15) is 22.6 Å². The van der Waals surface area contributed by atoms with Gasteiger partial charge < -0.3 is 10.2 Å². The van der Waals surface area contributed by atoms with E-state index < -0.39 is 21.6 Å². The van der Waals surface area contributed by atoms with Gasteiger partial charge >= 0.3 is 6.18 Å². The molecule has 1 aliphatic heterocycles. The van der Waals surface area contributed by atoms with Crippen LogP contribution in [0.25, 0.3) is 17.2 Å². The molecule has 196 valence electrons. The van der Waals surface area contributed by atoms with E-state index in [2.05, 4.69) is 39.7 Å². The summed E-state index contributed by atoms with van der Waals surface area (Å²) >= 11 is 0.